The molecule has 1 aromatic rings. The monoisotopic (exact) mass is 305 g/mol. The van der Waals surface area contributed by atoms with Gasteiger partial charge in [-0.25, -0.2) is 4.79 Å². The number of nitrogens with zero attached hydrogens (tertiary/aromatic N) is 1. The summed E-state index contributed by atoms with van der Waals surface area (Å²) in [5, 5.41) is 4.32. The Morgan fingerprint density at radius 3 is 2.81 bits per heavy atom. The minimum atomic E-state index is -0.428. The average Bonchev–Trinajstić information content (AvgIpc) is 2.88. The van der Waals surface area contributed by atoms with Gasteiger partial charge in [0, 0.05) is 6.04 Å². The topological polar surface area (TPSA) is 29.5 Å². The summed E-state index contributed by atoms with van der Waals surface area (Å²) in [4.78, 5) is 14.5. The Morgan fingerprint density at radius 2 is 2.19 bits per heavy atom. The molecule has 114 valence electrons. The van der Waals surface area contributed by atoms with Gasteiger partial charge >= 0.3 is 6.09 Å². The number of rotatable bonds is 1. The fraction of sp³-hybridized carbons (Fsp3) is 0.588. The van der Waals surface area contributed by atoms with Gasteiger partial charge < -0.3 is 4.74 Å². The first-order valence-corrected chi connectivity index (χ1v) is 8.63. The Balaban J connectivity index is 1.83. The maximum atomic E-state index is 12.5. The van der Waals surface area contributed by atoms with Gasteiger partial charge in [0.2, 0.25) is 0 Å². The van der Waals surface area contributed by atoms with Crippen LogP contribution in [0.15, 0.2) is 22.9 Å². The summed E-state index contributed by atoms with van der Waals surface area (Å²) in [6, 6.07) is 2.66. The molecule has 1 fully saturated rings. The van der Waals surface area contributed by atoms with E-state index in [4.69, 9.17) is 4.74 Å². The minimum absolute atomic E-state index is 0.155. The van der Waals surface area contributed by atoms with E-state index in [0.29, 0.717) is 6.04 Å². The highest BCUT2D eigenvalue weighted by Crippen LogP contribution is 2.38. The van der Waals surface area contributed by atoms with Gasteiger partial charge in [0.1, 0.15) is 5.60 Å². The van der Waals surface area contributed by atoms with Crippen LogP contribution in [-0.2, 0) is 4.74 Å². The van der Waals surface area contributed by atoms with Crippen LogP contribution < -0.4 is 0 Å². The van der Waals surface area contributed by atoms with Crippen LogP contribution in [0, 0.1) is 0 Å². The molecule has 3 rings (SSSR count). The zero-order valence-corrected chi connectivity index (χ0v) is 13.8. The van der Waals surface area contributed by atoms with Crippen LogP contribution in [0.2, 0.25) is 0 Å². The Hall–Kier alpha value is -1.29. The lowest BCUT2D eigenvalue weighted by Crippen LogP contribution is -2.52. The molecule has 2 atom stereocenters. The standard InChI is InChI=1S/C17H23NO2S/c1-17(2,3)20-16(19)18-14-5-4-6-15(18)10-13(9-14)12-7-8-21-11-12/h7-9,11,14-15H,4-6,10H2,1-3H3. The van der Waals surface area contributed by atoms with E-state index in [2.05, 4.69) is 22.9 Å². The molecule has 0 aliphatic carbocycles. The second kappa shape index (κ2) is 5.48. The normalized spacial score (nSPS) is 25.5. The first kappa shape index (κ1) is 14.6. The van der Waals surface area contributed by atoms with Crippen molar-refractivity contribution in [2.75, 3.05) is 0 Å². The van der Waals surface area contributed by atoms with E-state index >= 15 is 0 Å². The molecule has 3 nitrogen and oxygen atoms in total. The molecule has 3 heterocycles. The molecular formula is C17H23NO2S. The third-order valence-corrected chi connectivity index (χ3v) is 4.82. The third-order valence-electron chi connectivity index (χ3n) is 4.13. The highest BCUT2D eigenvalue weighted by Gasteiger charge is 2.39. The molecule has 4 heteroatoms. The average molecular weight is 305 g/mol. The Morgan fingerprint density at radius 1 is 1.38 bits per heavy atom. The van der Waals surface area contributed by atoms with Gasteiger partial charge in [-0.3, -0.25) is 4.90 Å². The van der Waals surface area contributed by atoms with Crippen LogP contribution in [0.3, 0.4) is 0 Å². The molecule has 0 aromatic carbocycles. The maximum absolute atomic E-state index is 12.5. The summed E-state index contributed by atoms with van der Waals surface area (Å²) in [7, 11) is 0. The van der Waals surface area contributed by atoms with E-state index in [9.17, 15) is 4.79 Å². The van der Waals surface area contributed by atoms with E-state index in [1.165, 1.54) is 17.6 Å². The van der Waals surface area contributed by atoms with E-state index < -0.39 is 5.60 Å². The lowest BCUT2D eigenvalue weighted by atomic mass is 9.84. The van der Waals surface area contributed by atoms with Crippen molar-refractivity contribution in [3.63, 3.8) is 0 Å². The van der Waals surface area contributed by atoms with Crippen LogP contribution >= 0.6 is 11.3 Å². The predicted molar refractivity (Wildman–Crippen MR) is 86.4 cm³/mol. The molecule has 0 spiro atoms. The third kappa shape index (κ3) is 3.15. The highest BCUT2D eigenvalue weighted by molar-refractivity contribution is 7.08. The molecule has 2 aliphatic heterocycles. The Kier molecular flexibility index (Phi) is 3.82. The summed E-state index contributed by atoms with van der Waals surface area (Å²) in [5.74, 6) is 0. The zero-order valence-electron chi connectivity index (χ0n) is 13.0. The minimum Gasteiger partial charge on any atom is -0.444 e. The number of carbonyl (C=O) groups excluding carboxylic acids is 1. The first-order valence-electron chi connectivity index (χ1n) is 7.68. The van der Waals surface area contributed by atoms with Crippen LogP contribution in [0.4, 0.5) is 4.79 Å². The molecule has 0 saturated carbocycles. The van der Waals surface area contributed by atoms with Crippen LogP contribution in [-0.4, -0.2) is 28.7 Å². The van der Waals surface area contributed by atoms with Gasteiger partial charge in [-0.1, -0.05) is 6.08 Å². The van der Waals surface area contributed by atoms with Gasteiger partial charge in [0.05, 0.1) is 6.04 Å². The number of thiophene rings is 1. The number of piperidine rings is 1. The van der Waals surface area contributed by atoms with Gasteiger partial charge in [0.15, 0.2) is 0 Å². The van der Waals surface area contributed by atoms with Crippen molar-refractivity contribution in [3.05, 3.63) is 28.5 Å². The van der Waals surface area contributed by atoms with Crippen LogP contribution in [0.25, 0.3) is 5.57 Å². The molecule has 21 heavy (non-hydrogen) atoms. The van der Waals surface area contributed by atoms with Gasteiger partial charge in [-0.15, -0.1) is 0 Å². The number of carbonyl (C=O) groups is 1. The van der Waals surface area contributed by atoms with Crippen molar-refractivity contribution in [1.82, 2.24) is 4.90 Å². The summed E-state index contributed by atoms with van der Waals surface area (Å²) in [6.07, 6.45) is 6.40. The highest BCUT2D eigenvalue weighted by atomic mass is 32.1. The smallest absolute Gasteiger partial charge is 0.411 e. The summed E-state index contributed by atoms with van der Waals surface area (Å²) in [6.45, 7) is 5.78. The largest absolute Gasteiger partial charge is 0.444 e. The molecule has 0 N–H and O–H groups in total. The fourth-order valence-electron chi connectivity index (χ4n) is 3.29. The van der Waals surface area contributed by atoms with Gasteiger partial charge in [-0.2, -0.15) is 11.3 Å². The Bertz CT molecular complexity index is 542. The van der Waals surface area contributed by atoms with Crippen molar-refractivity contribution >= 4 is 23.0 Å². The number of hydrogen-bond acceptors (Lipinski definition) is 3. The van der Waals surface area contributed by atoms with E-state index in [1.807, 2.05) is 25.7 Å². The van der Waals surface area contributed by atoms with Crippen molar-refractivity contribution in [2.24, 2.45) is 0 Å². The molecule has 0 radical (unpaired) electrons. The van der Waals surface area contributed by atoms with Crippen LogP contribution in [0.1, 0.15) is 52.0 Å². The second-order valence-electron chi connectivity index (χ2n) is 6.95. The van der Waals surface area contributed by atoms with Crippen LogP contribution in [0.5, 0.6) is 0 Å². The molecule has 1 saturated heterocycles. The van der Waals surface area contributed by atoms with Gasteiger partial charge in [-0.05, 0) is 74.4 Å². The molecule has 2 aliphatic rings. The SMILES string of the molecule is CC(C)(C)OC(=O)N1C2C=C(c3ccsc3)CC1CCC2. The molecule has 1 amide bonds. The molecular weight excluding hydrogens is 282 g/mol. The van der Waals surface area contributed by atoms with E-state index in [1.54, 1.807) is 11.3 Å². The lowest BCUT2D eigenvalue weighted by molar-refractivity contribution is 0.0000881. The first-order chi connectivity index (χ1) is 9.94. The number of fused-ring (bicyclic) bond motifs is 2. The lowest BCUT2D eigenvalue weighted by Gasteiger charge is -2.45. The number of amides is 1. The summed E-state index contributed by atoms with van der Waals surface area (Å²) < 4.78 is 5.60. The number of hydrogen-bond donors (Lipinski definition) is 0. The van der Waals surface area contributed by atoms with Crippen molar-refractivity contribution < 1.29 is 9.53 Å². The quantitative estimate of drug-likeness (QED) is 0.753. The van der Waals surface area contributed by atoms with Gasteiger partial charge in [0.25, 0.3) is 0 Å². The van der Waals surface area contributed by atoms with Crippen molar-refractivity contribution in [3.8, 4) is 0 Å². The second-order valence-corrected chi connectivity index (χ2v) is 7.73. The maximum Gasteiger partial charge on any atom is 0.411 e. The van der Waals surface area contributed by atoms with E-state index in [-0.39, 0.29) is 12.1 Å². The zero-order chi connectivity index (χ0) is 15.0. The predicted octanol–water partition coefficient (Wildman–Crippen LogP) is 4.69. The Labute approximate surface area is 130 Å². The molecule has 1 aromatic heterocycles. The summed E-state index contributed by atoms with van der Waals surface area (Å²) in [5.41, 5.74) is 2.29. The molecule has 2 unspecified atom stereocenters. The summed E-state index contributed by atoms with van der Waals surface area (Å²) >= 11 is 1.73. The van der Waals surface area contributed by atoms with Crippen molar-refractivity contribution in [2.45, 2.75) is 64.1 Å². The number of ether oxygens (including phenoxy) is 1. The molecule has 2 bridgehead atoms. The van der Waals surface area contributed by atoms with Crippen molar-refractivity contribution in [1.29, 1.82) is 0 Å². The van der Waals surface area contributed by atoms with E-state index in [0.717, 1.165) is 19.3 Å². The fourth-order valence-corrected chi connectivity index (χ4v) is 3.97.